The lowest BCUT2D eigenvalue weighted by molar-refractivity contribution is 0.0913. The van der Waals surface area contributed by atoms with Crippen LogP contribution in [0.5, 0.6) is 0 Å². The van der Waals surface area contributed by atoms with E-state index >= 15 is 0 Å². The Morgan fingerprint density at radius 2 is 2.05 bits per heavy atom. The zero-order valence-electron chi connectivity index (χ0n) is 11.2. The number of benzene rings is 1. The van der Waals surface area contributed by atoms with Crippen LogP contribution < -0.4 is 5.32 Å². The van der Waals surface area contributed by atoms with E-state index in [0.717, 1.165) is 35.7 Å². The lowest BCUT2D eigenvalue weighted by atomic mass is 9.86. The van der Waals surface area contributed by atoms with Gasteiger partial charge >= 0.3 is 0 Å². The second-order valence-electron chi connectivity index (χ2n) is 5.36. The lowest BCUT2D eigenvalue weighted by Gasteiger charge is -2.28. The molecule has 4 heteroatoms. The number of aliphatic hydroxyl groups excluding tert-OH is 1. The summed E-state index contributed by atoms with van der Waals surface area (Å²) in [7, 11) is 0. The predicted molar refractivity (Wildman–Crippen MR) is 79.2 cm³/mol. The smallest absolute Gasteiger partial charge is 0.252 e. The molecular formula is C15H20BrNO2. The van der Waals surface area contributed by atoms with Crippen molar-refractivity contribution in [2.24, 2.45) is 5.92 Å². The van der Waals surface area contributed by atoms with E-state index in [0.29, 0.717) is 11.5 Å². The Morgan fingerprint density at radius 3 is 2.63 bits per heavy atom. The van der Waals surface area contributed by atoms with Crippen molar-refractivity contribution in [3.8, 4) is 0 Å². The van der Waals surface area contributed by atoms with E-state index in [1.165, 1.54) is 0 Å². The monoisotopic (exact) mass is 325 g/mol. The number of aliphatic hydroxyl groups is 1. The minimum absolute atomic E-state index is 0.0145. The number of carbonyl (C=O) groups excluding carboxylic acids is 1. The van der Waals surface area contributed by atoms with Crippen LogP contribution in [0.4, 0.5) is 0 Å². The third-order valence-electron chi connectivity index (χ3n) is 3.81. The van der Waals surface area contributed by atoms with Gasteiger partial charge in [0.25, 0.3) is 5.91 Å². The highest BCUT2D eigenvalue weighted by Gasteiger charge is 2.22. The molecule has 1 fully saturated rings. The normalized spacial score (nSPS) is 23.1. The summed E-state index contributed by atoms with van der Waals surface area (Å²) in [6, 6.07) is 6.00. The average molecular weight is 326 g/mol. The maximum absolute atomic E-state index is 12.2. The van der Waals surface area contributed by atoms with Gasteiger partial charge in [0, 0.05) is 17.1 Å². The van der Waals surface area contributed by atoms with Crippen molar-refractivity contribution in [3.05, 3.63) is 33.8 Å². The first-order valence-corrected chi connectivity index (χ1v) is 7.57. The Kier molecular flexibility index (Phi) is 4.99. The van der Waals surface area contributed by atoms with E-state index in [2.05, 4.69) is 21.2 Å². The Balaban J connectivity index is 1.94. The van der Waals surface area contributed by atoms with Crippen LogP contribution >= 0.6 is 15.9 Å². The van der Waals surface area contributed by atoms with Crippen LogP contribution in [0.1, 0.15) is 41.6 Å². The van der Waals surface area contributed by atoms with Crippen molar-refractivity contribution in [2.75, 3.05) is 6.61 Å². The van der Waals surface area contributed by atoms with Gasteiger partial charge in [0.15, 0.2) is 0 Å². The van der Waals surface area contributed by atoms with Gasteiger partial charge in [0.05, 0.1) is 5.56 Å². The number of hydrogen-bond donors (Lipinski definition) is 2. The Morgan fingerprint density at radius 1 is 1.37 bits per heavy atom. The van der Waals surface area contributed by atoms with Gasteiger partial charge in [-0.1, -0.05) is 6.07 Å². The SMILES string of the molecule is Cc1ccc(C(=O)NC2CCC(CO)CC2)c(Br)c1. The highest BCUT2D eigenvalue weighted by molar-refractivity contribution is 9.10. The average Bonchev–Trinajstić information content (AvgIpc) is 2.39. The quantitative estimate of drug-likeness (QED) is 0.897. The minimum atomic E-state index is -0.0145. The van der Waals surface area contributed by atoms with Crippen LogP contribution in [0.3, 0.4) is 0 Å². The molecule has 0 atom stereocenters. The molecule has 104 valence electrons. The van der Waals surface area contributed by atoms with Crippen LogP contribution in [0.25, 0.3) is 0 Å². The first kappa shape index (κ1) is 14.5. The van der Waals surface area contributed by atoms with Crippen LogP contribution in [-0.2, 0) is 0 Å². The summed E-state index contributed by atoms with van der Waals surface area (Å²) in [4.78, 5) is 12.2. The van der Waals surface area contributed by atoms with Crippen molar-refractivity contribution in [1.29, 1.82) is 0 Å². The minimum Gasteiger partial charge on any atom is -0.396 e. The van der Waals surface area contributed by atoms with Gasteiger partial charge < -0.3 is 10.4 Å². The van der Waals surface area contributed by atoms with Crippen molar-refractivity contribution in [2.45, 2.75) is 38.6 Å². The Labute approximate surface area is 122 Å². The Bertz CT molecular complexity index is 453. The van der Waals surface area contributed by atoms with Gasteiger partial charge in [0.2, 0.25) is 0 Å². The zero-order chi connectivity index (χ0) is 13.8. The fraction of sp³-hybridized carbons (Fsp3) is 0.533. The van der Waals surface area contributed by atoms with Crippen molar-refractivity contribution in [3.63, 3.8) is 0 Å². The Hall–Kier alpha value is -0.870. The molecule has 0 unspecified atom stereocenters. The lowest BCUT2D eigenvalue weighted by Crippen LogP contribution is -2.38. The number of carbonyl (C=O) groups is 1. The van der Waals surface area contributed by atoms with Crippen LogP contribution in [-0.4, -0.2) is 23.7 Å². The molecule has 0 radical (unpaired) electrons. The first-order valence-electron chi connectivity index (χ1n) is 6.78. The molecule has 3 nitrogen and oxygen atoms in total. The van der Waals surface area contributed by atoms with Gasteiger partial charge in [-0.3, -0.25) is 4.79 Å². The number of halogens is 1. The van der Waals surface area contributed by atoms with Crippen molar-refractivity contribution in [1.82, 2.24) is 5.32 Å². The summed E-state index contributed by atoms with van der Waals surface area (Å²) < 4.78 is 0.842. The first-order chi connectivity index (χ1) is 9.10. The number of amides is 1. The van der Waals surface area contributed by atoms with Crippen LogP contribution in [0.2, 0.25) is 0 Å². The number of aryl methyl sites for hydroxylation is 1. The van der Waals surface area contributed by atoms with E-state index in [-0.39, 0.29) is 18.6 Å². The summed E-state index contributed by atoms with van der Waals surface area (Å²) in [6.07, 6.45) is 3.91. The molecule has 1 amide bonds. The number of nitrogens with one attached hydrogen (secondary N) is 1. The van der Waals surface area contributed by atoms with Gasteiger partial charge in [-0.2, -0.15) is 0 Å². The van der Waals surface area contributed by atoms with E-state index in [1.807, 2.05) is 25.1 Å². The highest BCUT2D eigenvalue weighted by Crippen LogP contribution is 2.24. The molecule has 2 N–H and O–H groups in total. The number of hydrogen-bond acceptors (Lipinski definition) is 2. The molecule has 0 aliphatic heterocycles. The molecule has 0 aromatic heterocycles. The third kappa shape index (κ3) is 3.80. The van der Waals surface area contributed by atoms with E-state index in [4.69, 9.17) is 5.11 Å². The van der Waals surface area contributed by atoms with E-state index < -0.39 is 0 Å². The topological polar surface area (TPSA) is 49.3 Å². The van der Waals surface area contributed by atoms with Crippen molar-refractivity contribution < 1.29 is 9.90 Å². The fourth-order valence-corrected chi connectivity index (χ4v) is 3.23. The summed E-state index contributed by atoms with van der Waals surface area (Å²) in [5.74, 6) is 0.401. The number of rotatable bonds is 3. The molecule has 1 aromatic rings. The molecular weight excluding hydrogens is 306 g/mol. The fourth-order valence-electron chi connectivity index (χ4n) is 2.56. The maximum atomic E-state index is 12.2. The van der Waals surface area contributed by atoms with Gasteiger partial charge in [-0.25, -0.2) is 0 Å². The summed E-state index contributed by atoms with van der Waals surface area (Å²) in [5.41, 5.74) is 1.82. The summed E-state index contributed by atoms with van der Waals surface area (Å²) in [5, 5.41) is 12.2. The largest absolute Gasteiger partial charge is 0.396 e. The van der Waals surface area contributed by atoms with E-state index in [9.17, 15) is 4.79 Å². The molecule has 19 heavy (non-hydrogen) atoms. The predicted octanol–water partition coefficient (Wildman–Crippen LogP) is 3.04. The van der Waals surface area contributed by atoms with E-state index in [1.54, 1.807) is 0 Å². The molecule has 0 spiro atoms. The highest BCUT2D eigenvalue weighted by atomic mass is 79.9. The molecule has 1 aliphatic carbocycles. The van der Waals surface area contributed by atoms with Gasteiger partial charge in [-0.05, 0) is 72.2 Å². The molecule has 1 saturated carbocycles. The zero-order valence-corrected chi connectivity index (χ0v) is 12.7. The summed E-state index contributed by atoms with van der Waals surface area (Å²) in [6.45, 7) is 2.27. The molecule has 0 bridgehead atoms. The molecule has 0 saturated heterocycles. The molecule has 0 heterocycles. The van der Waals surface area contributed by atoms with Crippen molar-refractivity contribution >= 4 is 21.8 Å². The molecule has 1 aromatic carbocycles. The summed E-state index contributed by atoms with van der Waals surface area (Å²) >= 11 is 3.44. The second kappa shape index (κ2) is 6.53. The van der Waals surface area contributed by atoms with Gasteiger partial charge in [0.1, 0.15) is 0 Å². The maximum Gasteiger partial charge on any atom is 0.252 e. The van der Waals surface area contributed by atoms with Gasteiger partial charge in [-0.15, -0.1) is 0 Å². The molecule has 2 rings (SSSR count). The van der Waals surface area contributed by atoms with Crippen LogP contribution in [0.15, 0.2) is 22.7 Å². The standard InChI is InChI=1S/C15H20BrNO2/c1-10-2-7-13(14(16)8-10)15(19)17-12-5-3-11(9-18)4-6-12/h2,7-8,11-12,18H,3-6,9H2,1H3,(H,17,19). The molecule has 1 aliphatic rings. The van der Waals surface area contributed by atoms with Crippen LogP contribution in [0, 0.1) is 12.8 Å². The third-order valence-corrected chi connectivity index (χ3v) is 4.47. The second-order valence-corrected chi connectivity index (χ2v) is 6.21.